The van der Waals surface area contributed by atoms with Crippen LogP contribution in [0, 0.1) is 5.92 Å². The third-order valence-electron chi connectivity index (χ3n) is 1.75. The van der Waals surface area contributed by atoms with Crippen LogP contribution in [0.25, 0.3) is 0 Å². The summed E-state index contributed by atoms with van der Waals surface area (Å²) in [6.45, 7) is 2.76. The summed E-state index contributed by atoms with van der Waals surface area (Å²) in [7, 11) is 0. The summed E-state index contributed by atoms with van der Waals surface area (Å²) >= 11 is 1.44. The van der Waals surface area contributed by atoms with Crippen LogP contribution in [0.15, 0.2) is 0 Å². The summed E-state index contributed by atoms with van der Waals surface area (Å²) in [6.07, 6.45) is 4.32. The molecular weight excluding hydrogens is 148 g/mol. The molecule has 0 unspecified atom stereocenters. The first-order chi connectivity index (χ1) is 4.93. The first-order valence-corrected chi connectivity index (χ1v) is 4.82. The Bertz CT molecular complexity index is 81.7. The lowest BCUT2D eigenvalue weighted by Gasteiger charge is -2.04. The zero-order chi connectivity index (χ0) is 7.23. The van der Waals surface area contributed by atoms with Crippen molar-refractivity contribution in [1.29, 1.82) is 0 Å². The van der Waals surface area contributed by atoms with Gasteiger partial charge in [0.1, 0.15) is 0 Å². The topological polar surface area (TPSA) is 18.5 Å². The van der Waals surface area contributed by atoms with Gasteiger partial charge in [-0.2, -0.15) is 0 Å². The number of hydrogen-bond acceptors (Lipinski definition) is 3. The van der Waals surface area contributed by atoms with Crippen molar-refractivity contribution in [3.05, 3.63) is 0 Å². The van der Waals surface area contributed by atoms with Gasteiger partial charge in [0.05, 0.1) is 6.61 Å². The molecule has 3 heteroatoms. The highest BCUT2D eigenvalue weighted by Gasteiger charge is 2.14. The smallest absolute Gasteiger partial charge is 0.0617 e. The molecular formula is C7H14O2S. The molecule has 0 aromatic heterocycles. The van der Waals surface area contributed by atoms with Crippen molar-refractivity contribution in [3.8, 4) is 0 Å². The third kappa shape index (κ3) is 2.90. The van der Waals surface area contributed by atoms with Gasteiger partial charge in [0, 0.05) is 19.5 Å². The lowest BCUT2D eigenvalue weighted by Crippen LogP contribution is -2.02. The SMILES string of the molecule is CSOCC[C@H]1CCOC1. The minimum atomic E-state index is 0.757. The van der Waals surface area contributed by atoms with Crippen LogP contribution in [0.3, 0.4) is 0 Å². The molecule has 60 valence electrons. The molecule has 10 heavy (non-hydrogen) atoms. The van der Waals surface area contributed by atoms with E-state index in [4.69, 9.17) is 8.92 Å². The molecule has 0 spiro atoms. The Labute approximate surface area is 66.5 Å². The summed E-state index contributed by atoms with van der Waals surface area (Å²) in [4.78, 5) is 0. The molecule has 1 aliphatic rings. The van der Waals surface area contributed by atoms with Gasteiger partial charge in [-0.1, -0.05) is 0 Å². The van der Waals surface area contributed by atoms with Crippen LogP contribution in [0.1, 0.15) is 12.8 Å². The van der Waals surface area contributed by atoms with Crippen LogP contribution in [0.4, 0.5) is 0 Å². The summed E-state index contributed by atoms with van der Waals surface area (Å²) < 4.78 is 10.4. The molecule has 1 rings (SSSR count). The van der Waals surface area contributed by atoms with Gasteiger partial charge >= 0.3 is 0 Å². The lowest BCUT2D eigenvalue weighted by molar-refractivity contribution is 0.180. The van der Waals surface area contributed by atoms with Crippen LogP contribution in [0.5, 0.6) is 0 Å². The van der Waals surface area contributed by atoms with Gasteiger partial charge in [-0.15, -0.1) is 0 Å². The Morgan fingerprint density at radius 3 is 3.20 bits per heavy atom. The van der Waals surface area contributed by atoms with Crippen LogP contribution >= 0.6 is 12.0 Å². The fraction of sp³-hybridized carbons (Fsp3) is 1.00. The Balaban J connectivity index is 1.91. The van der Waals surface area contributed by atoms with Gasteiger partial charge < -0.3 is 8.92 Å². The molecule has 0 radical (unpaired) electrons. The van der Waals surface area contributed by atoms with E-state index in [2.05, 4.69) is 0 Å². The Kier molecular flexibility index (Phi) is 4.18. The molecule has 1 aliphatic heterocycles. The molecule has 1 heterocycles. The van der Waals surface area contributed by atoms with Gasteiger partial charge in [0.2, 0.25) is 0 Å². The van der Waals surface area contributed by atoms with E-state index in [1.54, 1.807) is 0 Å². The quantitative estimate of drug-likeness (QED) is 0.463. The maximum Gasteiger partial charge on any atom is 0.0617 e. The Hall–Kier alpha value is 0.270. The van der Waals surface area contributed by atoms with Crippen molar-refractivity contribution in [2.45, 2.75) is 12.8 Å². The molecule has 0 saturated carbocycles. The van der Waals surface area contributed by atoms with E-state index in [1.807, 2.05) is 6.26 Å². The van der Waals surface area contributed by atoms with E-state index in [1.165, 1.54) is 18.5 Å². The first-order valence-electron chi connectivity index (χ1n) is 3.67. The highest BCUT2D eigenvalue weighted by atomic mass is 32.2. The third-order valence-corrected chi connectivity index (χ3v) is 2.15. The average Bonchev–Trinajstić information content (AvgIpc) is 2.41. The van der Waals surface area contributed by atoms with Gasteiger partial charge in [0.25, 0.3) is 0 Å². The molecule has 0 aromatic rings. The minimum absolute atomic E-state index is 0.757. The zero-order valence-corrected chi connectivity index (χ0v) is 7.15. The van der Waals surface area contributed by atoms with Crippen molar-refractivity contribution in [2.75, 3.05) is 26.1 Å². The average molecular weight is 162 g/mol. The molecule has 1 atom stereocenters. The maximum atomic E-state index is 5.23. The Morgan fingerprint density at radius 1 is 1.70 bits per heavy atom. The minimum Gasteiger partial charge on any atom is -0.381 e. The number of hydrogen-bond donors (Lipinski definition) is 0. The summed E-state index contributed by atoms with van der Waals surface area (Å²) in [5, 5.41) is 0. The van der Waals surface area contributed by atoms with Crippen molar-refractivity contribution in [3.63, 3.8) is 0 Å². The predicted molar refractivity (Wildman–Crippen MR) is 43.0 cm³/mol. The van der Waals surface area contributed by atoms with Crippen molar-refractivity contribution in [1.82, 2.24) is 0 Å². The van der Waals surface area contributed by atoms with Crippen molar-refractivity contribution in [2.24, 2.45) is 5.92 Å². The van der Waals surface area contributed by atoms with Crippen LogP contribution in [-0.2, 0) is 8.92 Å². The zero-order valence-electron chi connectivity index (χ0n) is 6.34. The fourth-order valence-electron chi connectivity index (χ4n) is 1.11. The number of ether oxygens (including phenoxy) is 1. The second-order valence-corrected chi connectivity index (χ2v) is 3.08. The maximum absolute atomic E-state index is 5.23. The van der Waals surface area contributed by atoms with E-state index in [9.17, 15) is 0 Å². The molecule has 0 aromatic carbocycles. The first kappa shape index (κ1) is 8.37. The lowest BCUT2D eigenvalue weighted by atomic mass is 10.1. The number of rotatable bonds is 4. The van der Waals surface area contributed by atoms with Gasteiger partial charge in [-0.05, 0) is 30.8 Å². The molecule has 1 fully saturated rings. The molecule has 2 nitrogen and oxygen atoms in total. The van der Waals surface area contributed by atoms with E-state index in [0.29, 0.717) is 0 Å². The fourth-order valence-corrected chi connectivity index (χ4v) is 1.37. The van der Waals surface area contributed by atoms with E-state index >= 15 is 0 Å². The van der Waals surface area contributed by atoms with Crippen molar-refractivity contribution < 1.29 is 8.92 Å². The van der Waals surface area contributed by atoms with E-state index in [0.717, 1.165) is 32.2 Å². The van der Waals surface area contributed by atoms with Gasteiger partial charge in [-0.3, -0.25) is 0 Å². The van der Waals surface area contributed by atoms with Gasteiger partial charge in [-0.25, -0.2) is 0 Å². The summed E-state index contributed by atoms with van der Waals surface area (Å²) in [5.41, 5.74) is 0. The van der Waals surface area contributed by atoms with E-state index in [-0.39, 0.29) is 0 Å². The molecule has 0 aliphatic carbocycles. The van der Waals surface area contributed by atoms with Crippen LogP contribution in [0.2, 0.25) is 0 Å². The monoisotopic (exact) mass is 162 g/mol. The van der Waals surface area contributed by atoms with Crippen LogP contribution < -0.4 is 0 Å². The second kappa shape index (κ2) is 4.99. The van der Waals surface area contributed by atoms with Crippen molar-refractivity contribution >= 4 is 12.0 Å². The highest BCUT2D eigenvalue weighted by molar-refractivity contribution is 7.93. The molecule has 1 saturated heterocycles. The molecule has 0 bridgehead atoms. The van der Waals surface area contributed by atoms with Gasteiger partial charge in [0.15, 0.2) is 0 Å². The molecule has 0 amide bonds. The Morgan fingerprint density at radius 2 is 2.60 bits per heavy atom. The summed E-state index contributed by atoms with van der Waals surface area (Å²) in [6, 6.07) is 0. The predicted octanol–water partition coefficient (Wildman–Crippen LogP) is 1.71. The standard InChI is InChI=1S/C7H14O2S/c1-10-9-5-3-7-2-4-8-6-7/h7H,2-6H2,1H3/t7-/m1/s1. The normalized spacial score (nSPS) is 25.5. The largest absolute Gasteiger partial charge is 0.381 e. The second-order valence-electron chi connectivity index (χ2n) is 2.51. The van der Waals surface area contributed by atoms with Crippen LogP contribution in [-0.4, -0.2) is 26.1 Å². The van der Waals surface area contributed by atoms with E-state index < -0.39 is 0 Å². The summed E-state index contributed by atoms with van der Waals surface area (Å²) in [5.74, 6) is 0.757. The highest BCUT2D eigenvalue weighted by Crippen LogP contribution is 2.16. The molecule has 0 N–H and O–H groups in total.